The number of aryl methyl sites for hydroxylation is 2. The van der Waals surface area contributed by atoms with E-state index >= 15 is 0 Å². The van der Waals surface area contributed by atoms with E-state index in [1.165, 1.54) is 10.4 Å². The fourth-order valence-corrected chi connectivity index (χ4v) is 3.48. The molecule has 1 aliphatic rings. The van der Waals surface area contributed by atoms with Crippen LogP contribution in [0.2, 0.25) is 0 Å². The van der Waals surface area contributed by atoms with Crippen molar-refractivity contribution in [3.05, 3.63) is 44.9 Å². The van der Waals surface area contributed by atoms with Crippen LogP contribution in [0.5, 0.6) is 0 Å². The third-order valence-corrected chi connectivity index (χ3v) is 4.74. The van der Waals surface area contributed by atoms with Crippen molar-refractivity contribution in [1.29, 1.82) is 0 Å². The molecule has 1 aromatic carbocycles. The topological polar surface area (TPSA) is 24.9 Å². The van der Waals surface area contributed by atoms with Gasteiger partial charge in [0.1, 0.15) is 6.17 Å². The highest BCUT2D eigenvalue weighted by Crippen LogP contribution is 2.35. The van der Waals surface area contributed by atoms with Crippen molar-refractivity contribution in [2.75, 3.05) is 11.9 Å². The molecular weight excluding hydrogens is 259 g/mol. The van der Waals surface area contributed by atoms with Crippen LogP contribution in [-0.4, -0.2) is 11.5 Å². The predicted octanol–water partition coefficient (Wildman–Crippen LogP) is 3.98. The Morgan fingerprint density at radius 3 is 3.00 bits per heavy atom. The third kappa shape index (κ3) is 2.37. The largest absolute Gasteiger partial charge is 0.384 e. The van der Waals surface area contributed by atoms with Gasteiger partial charge in [-0.15, -0.1) is 11.3 Å². The smallest absolute Gasteiger partial charge is 0.133 e. The van der Waals surface area contributed by atoms with Crippen LogP contribution in [0.15, 0.2) is 18.2 Å². The lowest BCUT2D eigenvalue weighted by molar-refractivity contribution is 0.343. The molecule has 19 heavy (non-hydrogen) atoms. The molecule has 4 heteroatoms. The van der Waals surface area contributed by atoms with Gasteiger partial charge in [-0.3, -0.25) is 0 Å². The molecule has 0 saturated heterocycles. The normalized spacial score (nSPS) is 15.1. The van der Waals surface area contributed by atoms with E-state index in [4.69, 9.17) is 0 Å². The van der Waals surface area contributed by atoms with Gasteiger partial charge in [0.25, 0.3) is 0 Å². The molecule has 1 aliphatic heterocycles. The van der Waals surface area contributed by atoms with Crippen molar-refractivity contribution in [3.63, 3.8) is 0 Å². The number of benzene rings is 1. The Morgan fingerprint density at radius 2 is 2.26 bits per heavy atom. The zero-order chi connectivity index (χ0) is 13.4. The van der Waals surface area contributed by atoms with Gasteiger partial charge in [0, 0.05) is 29.1 Å². The van der Waals surface area contributed by atoms with Crippen molar-refractivity contribution in [2.24, 2.45) is 0 Å². The molecular formula is C15H17FN2S. The Morgan fingerprint density at radius 1 is 1.42 bits per heavy atom. The lowest BCUT2D eigenvalue weighted by atomic mass is 10.0. The predicted molar refractivity (Wildman–Crippen MR) is 77.8 cm³/mol. The minimum absolute atomic E-state index is 0.372. The van der Waals surface area contributed by atoms with E-state index in [9.17, 15) is 4.39 Å². The molecule has 0 spiro atoms. The number of nitrogens with zero attached hydrogens (tertiary/aromatic N) is 1. The summed E-state index contributed by atoms with van der Waals surface area (Å²) in [6.45, 7) is 4.92. The maximum absolute atomic E-state index is 14.5. The van der Waals surface area contributed by atoms with Crippen LogP contribution in [0.4, 0.5) is 10.1 Å². The van der Waals surface area contributed by atoms with Crippen molar-refractivity contribution in [2.45, 2.75) is 32.9 Å². The van der Waals surface area contributed by atoms with Gasteiger partial charge in [-0.1, -0.05) is 18.2 Å². The standard InChI is InChI=1S/C15H17FN2S/c1-9-10(2)19-14(18-9)8-13(16)12-5-3-4-11-6-7-17-15(11)12/h3-5,13,17H,6-8H2,1-2H3. The van der Waals surface area contributed by atoms with Gasteiger partial charge in [-0.2, -0.15) is 0 Å². The Hall–Kier alpha value is -1.42. The van der Waals surface area contributed by atoms with Gasteiger partial charge in [0.15, 0.2) is 0 Å². The van der Waals surface area contributed by atoms with Crippen molar-refractivity contribution in [1.82, 2.24) is 4.98 Å². The fraction of sp³-hybridized carbons (Fsp3) is 0.400. The molecule has 1 unspecified atom stereocenters. The molecule has 2 aromatic rings. The first-order valence-electron chi connectivity index (χ1n) is 6.58. The summed E-state index contributed by atoms with van der Waals surface area (Å²) in [5.74, 6) is 0. The van der Waals surface area contributed by atoms with Crippen LogP contribution >= 0.6 is 11.3 Å². The van der Waals surface area contributed by atoms with Gasteiger partial charge in [-0.25, -0.2) is 9.37 Å². The summed E-state index contributed by atoms with van der Waals surface area (Å²) in [6.07, 6.45) is 0.383. The molecule has 0 bridgehead atoms. The molecule has 100 valence electrons. The molecule has 0 amide bonds. The summed E-state index contributed by atoms with van der Waals surface area (Å²) < 4.78 is 14.5. The molecule has 0 saturated carbocycles. The van der Waals surface area contributed by atoms with Gasteiger partial charge in [-0.05, 0) is 25.8 Å². The van der Waals surface area contributed by atoms with Gasteiger partial charge in [0.05, 0.1) is 10.7 Å². The fourth-order valence-electron chi connectivity index (χ4n) is 2.52. The maximum atomic E-state index is 14.5. The van der Waals surface area contributed by atoms with Crippen LogP contribution in [0.3, 0.4) is 0 Å². The van der Waals surface area contributed by atoms with Crippen molar-refractivity contribution < 1.29 is 4.39 Å². The Balaban J connectivity index is 1.84. The second-order valence-electron chi connectivity index (χ2n) is 4.98. The molecule has 1 atom stereocenters. The Labute approximate surface area is 116 Å². The SMILES string of the molecule is Cc1nc(CC(F)c2cccc3c2NCC3)sc1C. The van der Waals surface area contributed by atoms with Gasteiger partial charge < -0.3 is 5.32 Å². The number of hydrogen-bond donors (Lipinski definition) is 1. The van der Waals surface area contributed by atoms with E-state index in [1.54, 1.807) is 11.3 Å². The molecule has 2 heterocycles. The van der Waals surface area contributed by atoms with Gasteiger partial charge in [0.2, 0.25) is 0 Å². The number of anilines is 1. The highest BCUT2D eigenvalue weighted by atomic mass is 32.1. The number of para-hydroxylation sites is 1. The first kappa shape index (κ1) is 12.6. The van der Waals surface area contributed by atoms with Crippen LogP contribution in [0.25, 0.3) is 0 Å². The van der Waals surface area contributed by atoms with Crippen LogP contribution in [0, 0.1) is 13.8 Å². The van der Waals surface area contributed by atoms with E-state index in [0.29, 0.717) is 6.42 Å². The van der Waals surface area contributed by atoms with Crippen LogP contribution < -0.4 is 5.32 Å². The zero-order valence-electron chi connectivity index (χ0n) is 11.2. The van der Waals surface area contributed by atoms with E-state index < -0.39 is 6.17 Å². The highest BCUT2D eigenvalue weighted by molar-refractivity contribution is 7.11. The summed E-state index contributed by atoms with van der Waals surface area (Å²) in [6, 6.07) is 5.91. The van der Waals surface area contributed by atoms with Crippen molar-refractivity contribution >= 4 is 17.0 Å². The molecule has 0 aliphatic carbocycles. The van der Waals surface area contributed by atoms with Crippen LogP contribution in [-0.2, 0) is 12.8 Å². The second-order valence-corrected chi connectivity index (χ2v) is 6.27. The molecule has 2 nitrogen and oxygen atoms in total. The maximum Gasteiger partial charge on any atom is 0.133 e. The van der Waals surface area contributed by atoms with Gasteiger partial charge >= 0.3 is 0 Å². The van der Waals surface area contributed by atoms with E-state index in [1.807, 2.05) is 26.0 Å². The minimum atomic E-state index is -0.981. The number of nitrogens with one attached hydrogen (secondary N) is 1. The number of fused-ring (bicyclic) bond motifs is 1. The van der Waals surface area contributed by atoms with Crippen LogP contribution in [0.1, 0.15) is 32.9 Å². The monoisotopic (exact) mass is 276 g/mol. The Bertz CT molecular complexity index is 587. The number of hydrogen-bond acceptors (Lipinski definition) is 3. The first-order valence-corrected chi connectivity index (χ1v) is 7.39. The lowest BCUT2D eigenvalue weighted by Crippen LogP contribution is -2.01. The summed E-state index contributed by atoms with van der Waals surface area (Å²) in [5, 5.41) is 4.18. The van der Waals surface area contributed by atoms with Crippen molar-refractivity contribution in [3.8, 4) is 0 Å². The summed E-state index contributed by atoms with van der Waals surface area (Å²) in [4.78, 5) is 5.61. The summed E-state index contributed by atoms with van der Waals surface area (Å²) >= 11 is 1.60. The molecule has 0 radical (unpaired) electrons. The highest BCUT2D eigenvalue weighted by Gasteiger charge is 2.21. The molecule has 0 fully saturated rings. The average molecular weight is 276 g/mol. The second kappa shape index (κ2) is 4.93. The van der Waals surface area contributed by atoms with E-state index in [0.717, 1.165) is 34.9 Å². The summed E-state index contributed by atoms with van der Waals surface area (Å²) in [7, 11) is 0. The summed E-state index contributed by atoms with van der Waals surface area (Å²) in [5.41, 5.74) is 4.02. The number of aromatic nitrogens is 1. The minimum Gasteiger partial charge on any atom is -0.384 e. The number of rotatable bonds is 3. The molecule has 3 rings (SSSR count). The number of thiazole rings is 1. The number of halogens is 1. The molecule has 1 N–H and O–H groups in total. The molecule has 1 aromatic heterocycles. The third-order valence-electron chi connectivity index (χ3n) is 3.64. The van der Waals surface area contributed by atoms with E-state index in [-0.39, 0.29) is 0 Å². The Kier molecular flexibility index (Phi) is 3.27. The number of alkyl halides is 1. The zero-order valence-corrected chi connectivity index (χ0v) is 12.0. The lowest BCUT2D eigenvalue weighted by Gasteiger charge is -2.12. The van der Waals surface area contributed by atoms with E-state index in [2.05, 4.69) is 16.4 Å². The quantitative estimate of drug-likeness (QED) is 0.917. The average Bonchev–Trinajstić information content (AvgIpc) is 2.96. The first-order chi connectivity index (χ1) is 9.15.